The van der Waals surface area contributed by atoms with E-state index in [1.165, 1.54) is 0 Å². The third-order valence-electron chi connectivity index (χ3n) is 4.80. The first-order valence-corrected chi connectivity index (χ1v) is 10.2. The topological polar surface area (TPSA) is 84.0 Å². The Morgan fingerprint density at radius 2 is 2.12 bits per heavy atom. The minimum atomic E-state index is -0.197. The van der Waals surface area contributed by atoms with Crippen LogP contribution in [0.1, 0.15) is 23.1 Å². The number of anilines is 1. The Bertz CT molecular complexity index is 981. The fourth-order valence-electron chi connectivity index (χ4n) is 3.16. The van der Waals surface area contributed by atoms with Gasteiger partial charge >= 0.3 is 0 Å². The summed E-state index contributed by atoms with van der Waals surface area (Å²) >= 11 is 0. The summed E-state index contributed by atoms with van der Waals surface area (Å²) in [6.45, 7) is 3.96. The van der Waals surface area contributed by atoms with Crippen LogP contribution in [-0.2, 0) is 16.1 Å². The van der Waals surface area contributed by atoms with Gasteiger partial charge in [0, 0.05) is 36.8 Å². The highest BCUT2D eigenvalue weighted by atomic mass is 127. The molecule has 0 radical (unpaired) electrons. The second-order valence-electron chi connectivity index (χ2n) is 7.27. The Balaban J connectivity index is 0.00000363. The van der Waals surface area contributed by atoms with E-state index in [1.807, 2.05) is 31.2 Å². The average molecular weight is 548 g/mol. The number of hydrogen-bond acceptors (Lipinski definition) is 4. The number of aryl methyl sites for hydroxylation is 1. The van der Waals surface area contributed by atoms with Gasteiger partial charge in [0.1, 0.15) is 11.9 Å². The Labute approximate surface area is 206 Å². The van der Waals surface area contributed by atoms with E-state index in [-0.39, 0.29) is 42.5 Å². The molecule has 1 amide bonds. The Hall–Kier alpha value is -2.77. The predicted octanol–water partition coefficient (Wildman–Crippen LogP) is 3.07. The van der Waals surface area contributed by atoms with Gasteiger partial charge in [0.15, 0.2) is 5.96 Å². The largest absolute Gasteiger partial charge is 0.488 e. The predicted molar refractivity (Wildman–Crippen MR) is 138 cm³/mol. The van der Waals surface area contributed by atoms with Crippen molar-refractivity contribution in [1.82, 2.24) is 10.6 Å². The lowest BCUT2D eigenvalue weighted by Gasteiger charge is -2.18. The molecule has 1 aliphatic rings. The van der Waals surface area contributed by atoms with Crippen LogP contribution in [0.2, 0.25) is 0 Å². The van der Waals surface area contributed by atoms with Crippen molar-refractivity contribution in [3.63, 3.8) is 0 Å². The number of nitrogens with one attached hydrogen (secondary N) is 3. The molecule has 2 aromatic carbocycles. The number of ether oxygens (including phenoxy) is 2. The molecule has 170 valence electrons. The highest BCUT2D eigenvalue weighted by Gasteiger charge is 2.19. The lowest BCUT2D eigenvalue weighted by molar-refractivity contribution is -0.115. The fraction of sp³-hybridized carbons (Fsp3) is 0.333. The van der Waals surface area contributed by atoms with Gasteiger partial charge in [-0.05, 0) is 36.8 Å². The number of carbonyl (C=O) groups excluding carboxylic acids is 1. The third kappa shape index (κ3) is 7.73. The van der Waals surface area contributed by atoms with E-state index in [0.717, 1.165) is 29.9 Å². The summed E-state index contributed by atoms with van der Waals surface area (Å²) in [6, 6.07) is 13.3. The zero-order valence-corrected chi connectivity index (χ0v) is 20.6. The van der Waals surface area contributed by atoms with Crippen molar-refractivity contribution in [2.45, 2.75) is 26.0 Å². The Morgan fingerprint density at radius 1 is 1.28 bits per heavy atom. The monoisotopic (exact) mass is 548 g/mol. The van der Waals surface area contributed by atoms with Crippen LogP contribution in [0.5, 0.6) is 5.75 Å². The standard InChI is InChI=1S/C24H28N4O3.HI/c1-4-18-6-5-7-20(13-18)28-23(29)15-27-24(25-3)26-14-19-9-8-17(2)12-22(19)31-21-10-11-30-16-21;/h1,5-9,12-13,21H,10-11,14-16H2,2-3H3,(H,28,29)(H2,25,26,27);1H. The van der Waals surface area contributed by atoms with Gasteiger partial charge in [-0.25, -0.2) is 0 Å². The molecule has 1 aliphatic heterocycles. The van der Waals surface area contributed by atoms with Crippen molar-refractivity contribution >= 4 is 41.5 Å². The third-order valence-corrected chi connectivity index (χ3v) is 4.80. The number of rotatable bonds is 7. The van der Waals surface area contributed by atoms with E-state index in [1.54, 1.807) is 25.2 Å². The molecular formula is C24H29IN4O3. The molecule has 7 nitrogen and oxygen atoms in total. The second kappa shape index (κ2) is 12.9. The number of guanidine groups is 1. The van der Waals surface area contributed by atoms with E-state index in [2.05, 4.69) is 26.9 Å². The summed E-state index contributed by atoms with van der Waals surface area (Å²) < 4.78 is 11.5. The van der Waals surface area contributed by atoms with Crippen LogP contribution >= 0.6 is 24.0 Å². The van der Waals surface area contributed by atoms with Crippen LogP contribution in [0, 0.1) is 19.3 Å². The van der Waals surface area contributed by atoms with Crippen LogP contribution in [-0.4, -0.2) is 44.8 Å². The number of nitrogens with zero attached hydrogens (tertiary/aromatic N) is 1. The highest BCUT2D eigenvalue weighted by Crippen LogP contribution is 2.23. The summed E-state index contributed by atoms with van der Waals surface area (Å²) in [6.07, 6.45) is 6.37. The number of benzene rings is 2. The first-order valence-electron chi connectivity index (χ1n) is 10.2. The fourth-order valence-corrected chi connectivity index (χ4v) is 3.16. The van der Waals surface area contributed by atoms with E-state index < -0.39 is 0 Å². The number of aliphatic imine (C=N–C) groups is 1. The molecule has 0 saturated carbocycles. The van der Waals surface area contributed by atoms with Crippen LogP contribution < -0.4 is 20.7 Å². The van der Waals surface area contributed by atoms with Crippen LogP contribution in [0.25, 0.3) is 0 Å². The first kappa shape index (κ1) is 25.5. The molecule has 0 bridgehead atoms. The normalized spacial score (nSPS) is 15.3. The van der Waals surface area contributed by atoms with E-state index in [9.17, 15) is 4.79 Å². The van der Waals surface area contributed by atoms with Crippen molar-refractivity contribution in [3.05, 3.63) is 59.2 Å². The van der Waals surface area contributed by atoms with Crippen molar-refractivity contribution in [2.24, 2.45) is 4.99 Å². The highest BCUT2D eigenvalue weighted by molar-refractivity contribution is 14.0. The van der Waals surface area contributed by atoms with E-state index in [4.69, 9.17) is 15.9 Å². The summed E-state index contributed by atoms with van der Waals surface area (Å²) in [4.78, 5) is 16.4. The summed E-state index contributed by atoms with van der Waals surface area (Å²) in [5.41, 5.74) is 3.51. The van der Waals surface area contributed by atoms with E-state index >= 15 is 0 Å². The van der Waals surface area contributed by atoms with Gasteiger partial charge in [-0.3, -0.25) is 9.79 Å². The van der Waals surface area contributed by atoms with Gasteiger partial charge in [0.2, 0.25) is 5.91 Å². The van der Waals surface area contributed by atoms with Gasteiger partial charge in [0.05, 0.1) is 19.8 Å². The quantitative estimate of drug-likeness (QED) is 0.215. The molecule has 1 unspecified atom stereocenters. The maximum Gasteiger partial charge on any atom is 0.243 e. The molecule has 1 saturated heterocycles. The second-order valence-corrected chi connectivity index (χ2v) is 7.27. The zero-order valence-electron chi connectivity index (χ0n) is 18.3. The minimum Gasteiger partial charge on any atom is -0.488 e. The molecule has 1 heterocycles. The Kier molecular flexibility index (Phi) is 10.3. The summed E-state index contributed by atoms with van der Waals surface area (Å²) in [5.74, 6) is 3.71. The lowest BCUT2D eigenvalue weighted by atomic mass is 10.1. The minimum absolute atomic E-state index is 0. The summed E-state index contributed by atoms with van der Waals surface area (Å²) in [5, 5.41) is 9.06. The van der Waals surface area contributed by atoms with Crippen molar-refractivity contribution in [1.29, 1.82) is 0 Å². The van der Waals surface area contributed by atoms with Crippen LogP contribution in [0.3, 0.4) is 0 Å². The van der Waals surface area contributed by atoms with Crippen molar-refractivity contribution < 1.29 is 14.3 Å². The van der Waals surface area contributed by atoms with Crippen molar-refractivity contribution in [3.8, 4) is 18.1 Å². The SMILES string of the molecule is C#Cc1cccc(NC(=O)CNC(=NC)NCc2ccc(C)cc2OC2CCOC2)c1.I. The molecule has 1 fully saturated rings. The lowest BCUT2D eigenvalue weighted by Crippen LogP contribution is -2.41. The zero-order chi connectivity index (χ0) is 22.1. The Morgan fingerprint density at radius 3 is 2.84 bits per heavy atom. The molecule has 3 rings (SSSR count). The number of halogens is 1. The smallest absolute Gasteiger partial charge is 0.243 e. The maximum atomic E-state index is 12.3. The molecule has 32 heavy (non-hydrogen) atoms. The van der Waals surface area contributed by atoms with Gasteiger partial charge in [-0.2, -0.15) is 0 Å². The number of amides is 1. The average Bonchev–Trinajstić information content (AvgIpc) is 3.28. The van der Waals surface area contributed by atoms with Gasteiger partial charge in [-0.15, -0.1) is 30.4 Å². The van der Waals surface area contributed by atoms with Crippen LogP contribution in [0.4, 0.5) is 5.69 Å². The maximum absolute atomic E-state index is 12.3. The van der Waals surface area contributed by atoms with E-state index in [0.29, 0.717) is 30.4 Å². The van der Waals surface area contributed by atoms with Gasteiger partial charge < -0.3 is 25.4 Å². The summed E-state index contributed by atoms with van der Waals surface area (Å²) in [7, 11) is 1.66. The first-order chi connectivity index (χ1) is 15.1. The molecule has 2 aromatic rings. The van der Waals surface area contributed by atoms with Crippen molar-refractivity contribution in [2.75, 3.05) is 32.1 Å². The molecule has 0 aromatic heterocycles. The molecule has 8 heteroatoms. The van der Waals surface area contributed by atoms with Crippen LogP contribution in [0.15, 0.2) is 47.5 Å². The molecule has 1 atom stereocenters. The number of terminal acetylenes is 1. The number of hydrogen-bond donors (Lipinski definition) is 3. The molecular weight excluding hydrogens is 519 g/mol. The molecule has 0 aliphatic carbocycles. The van der Waals surface area contributed by atoms with Gasteiger partial charge in [0.25, 0.3) is 0 Å². The molecule has 3 N–H and O–H groups in total. The molecule has 0 spiro atoms. The number of carbonyl (C=O) groups is 1. The van der Waals surface area contributed by atoms with Gasteiger partial charge in [-0.1, -0.05) is 24.1 Å².